The fraction of sp³-hybridized carbons (Fsp3) is 0.353. The molecular formula is C17H22N2OS. The number of carbonyl (C=O) groups is 1. The molecule has 0 N–H and O–H groups in total. The van der Waals surface area contributed by atoms with Gasteiger partial charge in [-0.2, -0.15) is 0 Å². The molecule has 1 heterocycles. The van der Waals surface area contributed by atoms with Gasteiger partial charge in [0.1, 0.15) is 0 Å². The second kappa shape index (κ2) is 7.38. The van der Waals surface area contributed by atoms with Crippen molar-refractivity contribution >= 4 is 17.2 Å². The molecule has 0 aliphatic rings. The van der Waals surface area contributed by atoms with Gasteiger partial charge in [0.15, 0.2) is 0 Å². The first kappa shape index (κ1) is 15.7. The van der Waals surface area contributed by atoms with Gasteiger partial charge in [-0.15, -0.1) is 11.3 Å². The highest BCUT2D eigenvalue weighted by Crippen LogP contribution is 2.18. The molecule has 0 fully saturated rings. The van der Waals surface area contributed by atoms with Gasteiger partial charge in [-0.1, -0.05) is 30.3 Å². The maximum absolute atomic E-state index is 12.7. The van der Waals surface area contributed by atoms with E-state index in [1.54, 1.807) is 11.3 Å². The van der Waals surface area contributed by atoms with Crippen molar-refractivity contribution in [3.05, 3.63) is 57.8 Å². The number of rotatable bonds is 6. The van der Waals surface area contributed by atoms with Gasteiger partial charge in [0.2, 0.25) is 0 Å². The first-order chi connectivity index (χ1) is 10.1. The number of amides is 1. The second-order valence-corrected chi connectivity index (χ2v) is 6.71. The second-order valence-electron chi connectivity index (χ2n) is 5.43. The highest BCUT2D eigenvalue weighted by molar-refractivity contribution is 7.13. The van der Waals surface area contributed by atoms with E-state index >= 15 is 0 Å². The predicted octanol–water partition coefficient (Wildman–Crippen LogP) is 3.26. The average Bonchev–Trinajstić information content (AvgIpc) is 2.90. The van der Waals surface area contributed by atoms with Crippen LogP contribution >= 0.6 is 11.3 Å². The molecule has 2 rings (SSSR count). The molecule has 0 saturated heterocycles. The van der Waals surface area contributed by atoms with Crippen molar-refractivity contribution in [3.8, 4) is 0 Å². The maximum Gasteiger partial charge on any atom is 0.264 e. The van der Waals surface area contributed by atoms with Crippen molar-refractivity contribution in [2.24, 2.45) is 0 Å². The SMILES string of the molecule is Cc1ccc(C(=O)N(CCN(C)C)Cc2ccccc2)s1. The van der Waals surface area contributed by atoms with Gasteiger partial charge in [-0.05, 0) is 38.7 Å². The summed E-state index contributed by atoms with van der Waals surface area (Å²) in [6.45, 7) is 4.29. The lowest BCUT2D eigenvalue weighted by atomic mass is 10.2. The Bertz CT molecular complexity index is 577. The number of hydrogen-bond donors (Lipinski definition) is 0. The van der Waals surface area contributed by atoms with Crippen LogP contribution < -0.4 is 0 Å². The highest BCUT2D eigenvalue weighted by Gasteiger charge is 2.17. The Labute approximate surface area is 130 Å². The summed E-state index contributed by atoms with van der Waals surface area (Å²) in [5.74, 6) is 0.124. The summed E-state index contributed by atoms with van der Waals surface area (Å²) in [5, 5.41) is 0. The largest absolute Gasteiger partial charge is 0.332 e. The average molecular weight is 302 g/mol. The molecule has 0 aliphatic carbocycles. The fourth-order valence-electron chi connectivity index (χ4n) is 2.08. The van der Waals surface area contributed by atoms with Crippen LogP contribution in [0.25, 0.3) is 0 Å². The van der Waals surface area contributed by atoms with Crippen molar-refractivity contribution < 1.29 is 4.79 Å². The van der Waals surface area contributed by atoms with Crippen LogP contribution in [-0.4, -0.2) is 42.9 Å². The van der Waals surface area contributed by atoms with E-state index in [2.05, 4.69) is 17.0 Å². The van der Waals surface area contributed by atoms with Crippen LogP contribution in [0.1, 0.15) is 20.1 Å². The summed E-state index contributed by atoms with van der Waals surface area (Å²) >= 11 is 1.56. The quantitative estimate of drug-likeness (QED) is 0.817. The number of carbonyl (C=O) groups excluding carboxylic acids is 1. The van der Waals surface area contributed by atoms with Crippen LogP contribution in [0.3, 0.4) is 0 Å². The number of thiophene rings is 1. The van der Waals surface area contributed by atoms with Crippen LogP contribution in [0, 0.1) is 6.92 Å². The van der Waals surface area contributed by atoms with Gasteiger partial charge in [-0.25, -0.2) is 0 Å². The molecule has 21 heavy (non-hydrogen) atoms. The van der Waals surface area contributed by atoms with Crippen molar-refractivity contribution in [1.29, 1.82) is 0 Å². The molecule has 1 aromatic heterocycles. The van der Waals surface area contributed by atoms with Crippen molar-refractivity contribution in [1.82, 2.24) is 9.80 Å². The van der Waals surface area contributed by atoms with Crippen LogP contribution in [-0.2, 0) is 6.54 Å². The van der Waals surface area contributed by atoms with Crippen LogP contribution in [0.4, 0.5) is 0 Å². The van der Waals surface area contributed by atoms with E-state index in [1.165, 1.54) is 4.88 Å². The molecule has 0 atom stereocenters. The summed E-state index contributed by atoms with van der Waals surface area (Å²) in [5.41, 5.74) is 1.16. The topological polar surface area (TPSA) is 23.6 Å². The third-order valence-electron chi connectivity index (χ3n) is 3.27. The molecule has 0 bridgehead atoms. The molecule has 0 unspecified atom stereocenters. The van der Waals surface area contributed by atoms with E-state index in [4.69, 9.17) is 0 Å². The summed E-state index contributed by atoms with van der Waals surface area (Å²) in [6, 6.07) is 14.1. The van der Waals surface area contributed by atoms with E-state index in [0.717, 1.165) is 23.5 Å². The first-order valence-electron chi connectivity index (χ1n) is 7.10. The molecule has 4 heteroatoms. The van der Waals surface area contributed by atoms with E-state index in [0.29, 0.717) is 6.54 Å². The molecular weight excluding hydrogens is 280 g/mol. The molecule has 0 spiro atoms. The summed E-state index contributed by atoms with van der Waals surface area (Å²) in [7, 11) is 4.06. The first-order valence-corrected chi connectivity index (χ1v) is 7.92. The minimum atomic E-state index is 0.124. The lowest BCUT2D eigenvalue weighted by Crippen LogP contribution is -2.35. The Morgan fingerprint density at radius 1 is 1.05 bits per heavy atom. The van der Waals surface area contributed by atoms with Gasteiger partial charge in [0.05, 0.1) is 4.88 Å². The zero-order valence-corrected chi connectivity index (χ0v) is 13.7. The van der Waals surface area contributed by atoms with E-state index in [-0.39, 0.29) is 5.91 Å². The Kier molecular flexibility index (Phi) is 5.53. The minimum Gasteiger partial charge on any atom is -0.332 e. The van der Waals surface area contributed by atoms with Gasteiger partial charge in [-0.3, -0.25) is 4.79 Å². The standard InChI is InChI=1S/C17H22N2OS/c1-14-9-10-16(21-14)17(20)19(12-11-18(2)3)13-15-7-5-4-6-8-15/h4-10H,11-13H2,1-3H3. The Morgan fingerprint density at radius 3 is 2.33 bits per heavy atom. The lowest BCUT2D eigenvalue weighted by molar-refractivity contribution is 0.0737. The predicted molar refractivity (Wildman–Crippen MR) is 88.8 cm³/mol. The normalized spacial score (nSPS) is 10.9. The number of hydrogen-bond acceptors (Lipinski definition) is 3. The fourth-order valence-corrected chi connectivity index (χ4v) is 2.92. The Morgan fingerprint density at radius 2 is 1.76 bits per heavy atom. The third kappa shape index (κ3) is 4.69. The van der Waals surface area contributed by atoms with Crippen molar-refractivity contribution in [3.63, 3.8) is 0 Å². The third-order valence-corrected chi connectivity index (χ3v) is 4.26. The number of nitrogens with zero attached hydrogens (tertiary/aromatic N) is 2. The van der Waals surface area contributed by atoms with Crippen molar-refractivity contribution in [2.45, 2.75) is 13.5 Å². The number of aryl methyl sites for hydroxylation is 1. The molecule has 3 nitrogen and oxygen atoms in total. The zero-order valence-electron chi connectivity index (χ0n) is 12.9. The molecule has 1 amide bonds. The molecule has 0 radical (unpaired) electrons. The Hall–Kier alpha value is -1.65. The smallest absolute Gasteiger partial charge is 0.264 e. The van der Waals surface area contributed by atoms with Gasteiger partial charge in [0, 0.05) is 24.5 Å². The summed E-state index contributed by atoms with van der Waals surface area (Å²) in [6.07, 6.45) is 0. The van der Waals surface area contributed by atoms with E-state index in [9.17, 15) is 4.79 Å². The highest BCUT2D eigenvalue weighted by atomic mass is 32.1. The number of benzene rings is 1. The van der Waals surface area contributed by atoms with E-state index in [1.807, 2.05) is 56.3 Å². The van der Waals surface area contributed by atoms with Crippen LogP contribution in [0.2, 0.25) is 0 Å². The maximum atomic E-state index is 12.7. The number of likely N-dealkylation sites (N-methyl/N-ethyl adjacent to an activating group) is 1. The monoisotopic (exact) mass is 302 g/mol. The minimum absolute atomic E-state index is 0.124. The molecule has 0 saturated carbocycles. The summed E-state index contributed by atoms with van der Waals surface area (Å²) in [4.78, 5) is 18.7. The Balaban J connectivity index is 2.13. The van der Waals surface area contributed by atoms with Gasteiger partial charge < -0.3 is 9.80 Å². The van der Waals surface area contributed by atoms with Crippen molar-refractivity contribution in [2.75, 3.05) is 27.2 Å². The van der Waals surface area contributed by atoms with E-state index < -0.39 is 0 Å². The van der Waals surface area contributed by atoms with Gasteiger partial charge in [0.25, 0.3) is 5.91 Å². The van der Waals surface area contributed by atoms with Gasteiger partial charge >= 0.3 is 0 Å². The lowest BCUT2D eigenvalue weighted by Gasteiger charge is -2.24. The van der Waals surface area contributed by atoms with Crippen LogP contribution in [0.5, 0.6) is 0 Å². The summed E-state index contributed by atoms with van der Waals surface area (Å²) < 4.78 is 0. The molecule has 1 aromatic carbocycles. The van der Waals surface area contributed by atoms with Crippen LogP contribution in [0.15, 0.2) is 42.5 Å². The molecule has 0 aliphatic heterocycles. The zero-order chi connectivity index (χ0) is 15.2. The molecule has 112 valence electrons. The molecule has 2 aromatic rings.